The molecule has 1 aliphatic carbocycles. The van der Waals surface area contributed by atoms with E-state index in [0.29, 0.717) is 0 Å². The summed E-state index contributed by atoms with van der Waals surface area (Å²) in [7, 11) is 0. The molecule has 0 amide bonds. The van der Waals surface area contributed by atoms with Gasteiger partial charge in [0.15, 0.2) is 0 Å². The van der Waals surface area contributed by atoms with Gasteiger partial charge in [-0.25, -0.2) is 0 Å². The van der Waals surface area contributed by atoms with Crippen LogP contribution in [-0.4, -0.2) is 0 Å². The number of rotatable bonds is 3. The molecule has 0 heterocycles. The first-order valence-electron chi connectivity index (χ1n) is 19.0. The Bertz CT molecular complexity index is 3410. The molecular weight excluding hydrogens is 681 g/mol. The molecular formula is C54H32S. The Morgan fingerprint density at radius 1 is 0.236 bits per heavy atom. The zero-order valence-corrected chi connectivity index (χ0v) is 30.7. The van der Waals surface area contributed by atoms with Gasteiger partial charge in [0.1, 0.15) is 0 Å². The molecule has 11 aromatic carbocycles. The standard InChI is InChI=1S/C54H32S/c55-40-23-22-37-28-39(41-24-25-49-44-11-4-3-10-43(44)48-15-7-14-46(41)54(48)49)30-51(52(37)31-40)36-20-18-33-26-35(19-17-34(33)27-36)50-29-38-21-16-32-8-1-2-9-42(32)53(38)47-13-6-5-12-45(47)50/h1-31,55H. The quantitative estimate of drug-likeness (QED) is 0.137. The minimum absolute atomic E-state index is 0.964. The van der Waals surface area contributed by atoms with Crippen LogP contribution in [0.15, 0.2) is 193 Å². The van der Waals surface area contributed by atoms with Gasteiger partial charge < -0.3 is 0 Å². The van der Waals surface area contributed by atoms with Crippen LogP contribution < -0.4 is 0 Å². The van der Waals surface area contributed by atoms with Crippen molar-refractivity contribution in [3.05, 3.63) is 188 Å². The van der Waals surface area contributed by atoms with Crippen molar-refractivity contribution in [2.24, 2.45) is 0 Å². The zero-order chi connectivity index (χ0) is 36.2. The van der Waals surface area contributed by atoms with Crippen molar-refractivity contribution in [2.75, 3.05) is 0 Å². The summed E-state index contributed by atoms with van der Waals surface area (Å²) in [6.07, 6.45) is 0. The Morgan fingerprint density at radius 3 is 1.60 bits per heavy atom. The van der Waals surface area contributed by atoms with E-state index in [1.54, 1.807) is 0 Å². The van der Waals surface area contributed by atoms with E-state index in [2.05, 4.69) is 188 Å². The molecule has 12 rings (SSSR count). The van der Waals surface area contributed by atoms with Crippen LogP contribution in [-0.2, 0) is 0 Å². The molecule has 1 aliphatic rings. The van der Waals surface area contributed by atoms with Crippen molar-refractivity contribution in [1.29, 1.82) is 0 Å². The summed E-state index contributed by atoms with van der Waals surface area (Å²) in [6.45, 7) is 0. The number of hydrogen-bond donors (Lipinski definition) is 1. The smallest absolute Gasteiger partial charge is 0.00465 e. The van der Waals surface area contributed by atoms with Crippen LogP contribution in [0.4, 0.5) is 0 Å². The van der Waals surface area contributed by atoms with Gasteiger partial charge >= 0.3 is 0 Å². The van der Waals surface area contributed by atoms with Crippen LogP contribution >= 0.6 is 12.6 Å². The number of thiol groups is 1. The zero-order valence-electron chi connectivity index (χ0n) is 29.8. The molecule has 0 atom stereocenters. The van der Waals surface area contributed by atoms with Crippen molar-refractivity contribution in [3.63, 3.8) is 0 Å². The Balaban J connectivity index is 1.01. The number of fused-ring (bicyclic) bond motifs is 10. The average molecular weight is 713 g/mol. The molecule has 0 N–H and O–H groups in total. The monoisotopic (exact) mass is 712 g/mol. The average Bonchev–Trinajstić information content (AvgIpc) is 3.57. The Morgan fingerprint density at radius 2 is 0.800 bits per heavy atom. The van der Waals surface area contributed by atoms with Gasteiger partial charge in [-0.2, -0.15) is 0 Å². The molecule has 55 heavy (non-hydrogen) atoms. The van der Waals surface area contributed by atoms with Gasteiger partial charge in [-0.3, -0.25) is 0 Å². The van der Waals surface area contributed by atoms with Crippen LogP contribution in [0.5, 0.6) is 0 Å². The lowest BCUT2D eigenvalue weighted by molar-refractivity contribution is 1.52. The summed E-state index contributed by atoms with van der Waals surface area (Å²) in [6, 6.07) is 69.9. The second-order valence-corrected chi connectivity index (χ2v) is 15.5. The highest BCUT2D eigenvalue weighted by Gasteiger charge is 2.23. The van der Waals surface area contributed by atoms with E-state index in [0.717, 1.165) is 4.90 Å². The van der Waals surface area contributed by atoms with E-state index in [-0.39, 0.29) is 0 Å². The summed E-state index contributed by atoms with van der Waals surface area (Å²) in [5.41, 5.74) is 12.7. The summed E-state index contributed by atoms with van der Waals surface area (Å²) in [5, 5.41) is 15.2. The molecule has 0 spiro atoms. The maximum absolute atomic E-state index is 4.79. The van der Waals surface area contributed by atoms with Crippen LogP contribution in [0.3, 0.4) is 0 Å². The van der Waals surface area contributed by atoms with Crippen molar-refractivity contribution < 1.29 is 0 Å². The fraction of sp³-hybridized carbons (Fsp3) is 0. The SMILES string of the molecule is Sc1ccc2cc(-c3ccc4c5c(cccc35)-c3ccccc3-4)cc(-c3ccc4cc(-c5cc6ccc7ccccc7c6c6ccccc56)ccc4c3)c2c1. The minimum atomic E-state index is 0.964. The normalized spacial score (nSPS) is 12.1. The summed E-state index contributed by atoms with van der Waals surface area (Å²) in [5.74, 6) is 0. The van der Waals surface area contributed by atoms with Crippen LogP contribution in [0.25, 0.3) is 120 Å². The summed E-state index contributed by atoms with van der Waals surface area (Å²) < 4.78 is 0. The lowest BCUT2D eigenvalue weighted by Crippen LogP contribution is -1.89. The molecule has 0 saturated heterocycles. The molecule has 1 heteroatoms. The predicted octanol–water partition coefficient (Wildman–Crippen LogP) is 15.5. The van der Waals surface area contributed by atoms with Crippen molar-refractivity contribution >= 4 is 77.3 Å². The fourth-order valence-electron chi connectivity index (χ4n) is 9.50. The first kappa shape index (κ1) is 30.8. The summed E-state index contributed by atoms with van der Waals surface area (Å²) in [4.78, 5) is 0.964. The van der Waals surface area contributed by atoms with E-state index < -0.39 is 0 Å². The predicted molar refractivity (Wildman–Crippen MR) is 239 cm³/mol. The molecule has 0 fully saturated rings. The second kappa shape index (κ2) is 11.7. The van der Waals surface area contributed by atoms with E-state index in [1.165, 1.54) is 120 Å². The Hall–Kier alpha value is -6.67. The van der Waals surface area contributed by atoms with Crippen LogP contribution in [0.2, 0.25) is 0 Å². The van der Waals surface area contributed by atoms with Crippen LogP contribution in [0, 0.1) is 0 Å². The third-order valence-electron chi connectivity index (χ3n) is 12.0. The molecule has 0 aromatic heterocycles. The van der Waals surface area contributed by atoms with E-state index in [9.17, 15) is 0 Å². The summed E-state index contributed by atoms with van der Waals surface area (Å²) >= 11 is 4.79. The topological polar surface area (TPSA) is 0 Å². The van der Waals surface area contributed by atoms with Gasteiger partial charge in [-0.15, -0.1) is 12.6 Å². The van der Waals surface area contributed by atoms with Crippen LogP contribution in [0.1, 0.15) is 0 Å². The minimum Gasteiger partial charge on any atom is -0.143 e. The first-order valence-corrected chi connectivity index (χ1v) is 19.4. The highest BCUT2D eigenvalue weighted by atomic mass is 32.1. The van der Waals surface area contributed by atoms with E-state index in [1.807, 2.05) is 0 Å². The van der Waals surface area contributed by atoms with Gasteiger partial charge in [0, 0.05) is 4.90 Å². The molecule has 0 aliphatic heterocycles. The lowest BCUT2D eigenvalue weighted by atomic mass is 9.88. The van der Waals surface area contributed by atoms with Crippen molar-refractivity contribution in [3.8, 4) is 55.6 Å². The van der Waals surface area contributed by atoms with E-state index >= 15 is 0 Å². The third-order valence-corrected chi connectivity index (χ3v) is 12.3. The fourth-order valence-corrected chi connectivity index (χ4v) is 9.70. The maximum atomic E-state index is 4.79. The van der Waals surface area contributed by atoms with Crippen molar-refractivity contribution in [1.82, 2.24) is 0 Å². The lowest BCUT2D eigenvalue weighted by Gasteiger charge is -2.15. The third kappa shape index (κ3) is 4.60. The molecule has 0 unspecified atom stereocenters. The van der Waals surface area contributed by atoms with Gasteiger partial charge in [0.2, 0.25) is 0 Å². The first-order chi connectivity index (χ1) is 27.2. The van der Waals surface area contributed by atoms with Gasteiger partial charge in [-0.05, 0) is 163 Å². The van der Waals surface area contributed by atoms with Gasteiger partial charge in [-0.1, -0.05) is 146 Å². The van der Waals surface area contributed by atoms with E-state index in [4.69, 9.17) is 12.6 Å². The van der Waals surface area contributed by atoms with Crippen molar-refractivity contribution in [2.45, 2.75) is 4.90 Å². The molecule has 0 radical (unpaired) electrons. The molecule has 254 valence electrons. The maximum Gasteiger partial charge on any atom is 0.00465 e. The highest BCUT2D eigenvalue weighted by Crippen LogP contribution is 2.50. The number of hydrogen-bond acceptors (Lipinski definition) is 1. The highest BCUT2D eigenvalue weighted by molar-refractivity contribution is 7.80. The Kier molecular flexibility index (Phi) is 6.52. The molecule has 0 bridgehead atoms. The Labute approximate surface area is 324 Å². The van der Waals surface area contributed by atoms with Gasteiger partial charge in [0.05, 0.1) is 0 Å². The number of benzene rings is 11. The molecule has 0 nitrogen and oxygen atoms in total. The largest absolute Gasteiger partial charge is 0.143 e. The molecule has 11 aromatic rings. The second-order valence-electron chi connectivity index (χ2n) is 15.0. The van der Waals surface area contributed by atoms with Gasteiger partial charge in [0.25, 0.3) is 0 Å². The molecule has 0 saturated carbocycles.